The van der Waals surface area contributed by atoms with Gasteiger partial charge in [0.2, 0.25) is 0 Å². The van der Waals surface area contributed by atoms with E-state index in [-0.39, 0.29) is 0 Å². The number of piperazine rings is 1. The zero-order chi connectivity index (χ0) is 20.3. The molecular weight excluding hydrogens is 360 g/mol. The maximum atomic E-state index is 5.86. The van der Waals surface area contributed by atoms with Crippen LogP contribution in [0.1, 0.15) is 45.1 Å². The van der Waals surface area contributed by atoms with Gasteiger partial charge in [0.1, 0.15) is 11.5 Å². The van der Waals surface area contributed by atoms with Crippen molar-refractivity contribution in [3.05, 3.63) is 54.1 Å². The van der Waals surface area contributed by atoms with Crippen LogP contribution in [0, 0.1) is 0 Å². The quantitative estimate of drug-likeness (QED) is 0.477. The van der Waals surface area contributed by atoms with E-state index in [0.717, 1.165) is 57.3 Å². The molecule has 0 atom stereocenters. The monoisotopic (exact) mass is 396 g/mol. The van der Waals surface area contributed by atoms with Crippen LogP contribution in [-0.2, 0) is 6.54 Å². The molecule has 0 N–H and O–H groups in total. The van der Waals surface area contributed by atoms with E-state index in [4.69, 9.17) is 9.47 Å². The van der Waals surface area contributed by atoms with Crippen LogP contribution in [0.4, 0.5) is 5.69 Å². The number of anilines is 1. The van der Waals surface area contributed by atoms with Crippen LogP contribution >= 0.6 is 0 Å². The minimum absolute atomic E-state index is 0.704. The Kier molecular flexibility index (Phi) is 8.69. The van der Waals surface area contributed by atoms with Crippen molar-refractivity contribution in [3.63, 3.8) is 0 Å². The second-order valence-corrected chi connectivity index (χ2v) is 7.72. The SMILES string of the molecule is CCCCCCOc1ccc(CN2CCN(c3ccccc3OCC)CC2)cc1. The lowest BCUT2D eigenvalue weighted by molar-refractivity contribution is 0.248. The fourth-order valence-electron chi connectivity index (χ4n) is 3.81. The zero-order valence-corrected chi connectivity index (χ0v) is 18.1. The first kappa shape index (κ1) is 21.5. The summed E-state index contributed by atoms with van der Waals surface area (Å²) in [6, 6.07) is 17.0. The first-order chi connectivity index (χ1) is 14.3. The maximum Gasteiger partial charge on any atom is 0.142 e. The van der Waals surface area contributed by atoms with Gasteiger partial charge >= 0.3 is 0 Å². The average Bonchev–Trinajstić information content (AvgIpc) is 2.76. The van der Waals surface area contributed by atoms with Crippen molar-refractivity contribution in [1.82, 2.24) is 4.90 Å². The molecule has 0 amide bonds. The number of rotatable bonds is 11. The van der Waals surface area contributed by atoms with Crippen molar-refractivity contribution in [2.24, 2.45) is 0 Å². The minimum atomic E-state index is 0.704. The Balaban J connectivity index is 1.44. The van der Waals surface area contributed by atoms with Crippen molar-refractivity contribution in [2.45, 2.75) is 46.1 Å². The van der Waals surface area contributed by atoms with Crippen LogP contribution in [0.25, 0.3) is 0 Å². The number of nitrogens with zero attached hydrogens (tertiary/aromatic N) is 2. The van der Waals surface area contributed by atoms with E-state index in [0.29, 0.717) is 6.61 Å². The Morgan fingerprint density at radius 2 is 1.55 bits per heavy atom. The molecule has 158 valence electrons. The summed E-state index contributed by atoms with van der Waals surface area (Å²) in [6.45, 7) is 11.0. The van der Waals surface area contributed by atoms with Crippen molar-refractivity contribution in [1.29, 1.82) is 0 Å². The first-order valence-electron chi connectivity index (χ1n) is 11.2. The Labute approximate surface area is 176 Å². The number of ether oxygens (including phenoxy) is 2. The summed E-state index contributed by atoms with van der Waals surface area (Å²) in [5.74, 6) is 1.98. The predicted octanol–water partition coefficient (Wildman–Crippen LogP) is 5.37. The zero-order valence-electron chi connectivity index (χ0n) is 18.1. The molecule has 0 aromatic heterocycles. The van der Waals surface area contributed by atoms with Gasteiger partial charge in [0.15, 0.2) is 0 Å². The summed E-state index contributed by atoms with van der Waals surface area (Å²) in [5, 5.41) is 0. The minimum Gasteiger partial charge on any atom is -0.494 e. The molecule has 1 aliphatic heterocycles. The highest BCUT2D eigenvalue weighted by Crippen LogP contribution is 2.29. The highest BCUT2D eigenvalue weighted by Gasteiger charge is 2.19. The second-order valence-electron chi connectivity index (χ2n) is 7.72. The smallest absolute Gasteiger partial charge is 0.142 e. The summed E-state index contributed by atoms with van der Waals surface area (Å²) in [5.41, 5.74) is 2.57. The summed E-state index contributed by atoms with van der Waals surface area (Å²) >= 11 is 0. The van der Waals surface area contributed by atoms with E-state index >= 15 is 0 Å². The topological polar surface area (TPSA) is 24.9 Å². The lowest BCUT2D eigenvalue weighted by Crippen LogP contribution is -2.46. The van der Waals surface area contributed by atoms with Crippen LogP contribution in [0.5, 0.6) is 11.5 Å². The molecule has 4 nitrogen and oxygen atoms in total. The highest BCUT2D eigenvalue weighted by molar-refractivity contribution is 5.58. The molecule has 2 aromatic carbocycles. The van der Waals surface area contributed by atoms with Gasteiger partial charge in [-0.1, -0.05) is 50.5 Å². The summed E-state index contributed by atoms with van der Waals surface area (Å²) in [7, 11) is 0. The summed E-state index contributed by atoms with van der Waals surface area (Å²) < 4.78 is 11.7. The van der Waals surface area contributed by atoms with E-state index < -0.39 is 0 Å². The normalized spacial score (nSPS) is 14.8. The molecule has 0 aliphatic carbocycles. The summed E-state index contributed by atoms with van der Waals surface area (Å²) in [4.78, 5) is 4.97. The molecule has 3 rings (SSSR count). The van der Waals surface area contributed by atoms with Gasteiger partial charge in [-0.2, -0.15) is 0 Å². The van der Waals surface area contributed by atoms with Crippen molar-refractivity contribution < 1.29 is 9.47 Å². The molecule has 2 aromatic rings. The molecule has 1 aliphatic rings. The van der Waals surface area contributed by atoms with Crippen LogP contribution < -0.4 is 14.4 Å². The van der Waals surface area contributed by atoms with Gasteiger partial charge in [-0.3, -0.25) is 4.90 Å². The van der Waals surface area contributed by atoms with Gasteiger partial charge in [-0.15, -0.1) is 0 Å². The van der Waals surface area contributed by atoms with Gasteiger partial charge < -0.3 is 14.4 Å². The van der Waals surface area contributed by atoms with Gasteiger partial charge in [0.05, 0.1) is 18.9 Å². The van der Waals surface area contributed by atoms with E-state index in [1.165, 1.54) is 30.5 Å². The van der Waals surface area contributed by atoms with Crippen molar-refractivity contribution >= 4 is 5.69 Å². The third kappa shape index (κ3) is 6.67. The fraction of sp³-hybridized carbons (Fsp3) is 0.520. The second kappa shape index (κ2) is 11.7. The molecule has 1 saturated heterocycles. The van der Waals surface area contributed by atoms with Crippen molar-refractivity contribution in [3.8, 4) is 11.5 Å². The molecule has 0 saturated carbocycles. The standard InChI is InChI=1S/C25H36N2O2/c1-3-5-6-9-20-29-23-14-12-22(13-15-23)21-26-16-18-27(19-17-26)24-10-7-8-11-25(24)28-4-2/h7-8,10-15H,3-6,9,16-21H2,1-2H3. The van der Waals surface area contributed by atoms with E-state index in [2.05, 4.69) is 59.2 Å². The fourth-order valence-corrected chi connectivity index (χ4v) is 3.81. The van der Waals surface area contributed by atoms with Gasteiger partial charge in [0, 0.05) is 32.7 Å². The predicted molar refractivity (Wildman–Crippen MR) is 121 cm³/mol. The largest absolute Gasteiger partial charge is 0.494 e. The molecule has 0 spiro atoms. The van der Waals surface area contributed by atoms with Crippen LogP contribution in [0.15, 0.2) is 48.5 Å². The Morgan fingerprint density at radius 1 is 0.793 bits per heavy atom. The molecule has 0 bridgehead atoms. The number of hydrogen-bond donors (Lipinski definition) is 0. The lowest BCUT2D eigenvalue weighted by Gasteiger charge is -2.36. The molecule has 0 radical (unpaired) electrons. The number of para-hydroxylation sites is 2. The number of hydrogen-bond acceptors (Lipinski definition) is 4. The molecule has 4 heteroatoms. The Hall–Kier alpha value is -2.20. The molecule has 1 heterocycles. The van der Waals surface area contributed by atoms with Crippen LogP contribution in [0.2, 0.25) is 0 Å². The molecule has 29 heavy (non-hydrogen) atoms. The van der Waals surface area contributed by atoms with Gasteiger partial charge in [0.25, 0.3) is 0 Å². The molecule has 1 fully saturated rings. The van der Waals surface area contributed by atoms with Crippen LogP contribution in [0.3, 0.4) is 0 Å². The number of benzene rings is 2. The van der Waals surface area contributed by atoms with E-state index in [1.807, 2.05) is 13.0 Å². The molecule has 0 unspecified atom stereocenters. The first-order valence-corrected chi connectivity index (χ1v) is 11.2. The average molecular weight is 397 g/mol. The maximum absolute atomic E-state index is 5.86. The van der Waals surface area contributed by atoms with Gasteiger partial charge in [-0.05, 0) is 43.2 Å². The Morgan fingerprint density at radius 3 is 2.28 bits per heavy atom. The van der Waals surface area contributed by atoms with Crippen LogP contribution in [-0.4, -0.2) is 44.3 Å². The van der Waals surface area contributed by atoms with E-state index in [1.54, 1.807) is 0 Å². The molecular formula is C25H36N2O2. The van der Waals surface area contributed by atoms with Gasteiger partial charge in [-0.25, -0.2) is 0 Å². The lowest BCUT2D eigenvalue weighted by atomic mass is 10.1. The number of unbranched alkanes of at least 4 members (excludes halogenated alkanes) is 3. The van der Waals surface area contributed by atoms with Crippen molar-refractivity contribution in [2.75, 3.05) is 44.3 Å². The van der Waals surface area contributed by atoms with E-state index in [9.17, 15) is 0 Å². The highest BCUT2D eigenvalue weighted by atomic mass is 16.5. The third-order valence-electron chi connectivity index (χ3n) is 5.47. The Bertz CT molecular complexity index is 709. The third-order valence-corrected chi connectivity index (χ3v) is 5.47. The summed E-state index contributed by atoms with van der Waals surface area (Å²) in [6.07, 6.45) is 4.97.